The fourth-order valence-electron chi connectivity index (χ4n) is 3.21. The highest BCUT2D eigenvalue weighted by atomic mass is 19.4. The van der Waals surface area contributed by atoms with Crippen LogP contribution in [0.5, 0.6) is 5.75 Å². The van der Waals surface area contributed by atoms with E-state index in [-0.39, 0.29) is 17.6 Å². The molecule has 2 fully saturated rings. The van der Waals surface area contributed by atoms with Crippen LogP contribution in [0.3, 0.4) is 0 Å². The molecule has 0 saturated carbocycles. The molecule has 2 aliphatic heterocycles. The van der Waals surface area contributed by atoms with Crippen LogP contribution in [0.25, 0.3) is 0 Å². The lowest BCUT2D eigenvalue weighted by molar-refractivity contribution is -0.274. The molecule has 0 aliphatic carbocycles. The molecule has 3 atom stereocenters. The molecular weight excluding hydrogens is 344 g/mol. The number of fused-ring (bicyclic) bond motifs is 1. The van der Waals surface area contributed by atoms with Gasteiger partial charge in [0, 0.05) is 25.2 Å². The van der Waals surface area contributed by atoms with Crippen LogP contribution in [-0.2, 0) is 4.79 Å². The molecule has 2 saturated heterocycles. The number of carbonyl (C=O) groups excluding carboxylic acids is 1. The summed E-state index contributed by atoms with van der Waals surface area (Å²) in [6.45, 7) is 1.08. The van der Waals surface area contributed by atoms with E-state index >= 15 is 0 Å². The van der Waals surface area contributed by atoms with E-state index in [0.29, 0.717) is 25.6 Å². The SMILES string of the molecule is N#CN1C[C@H]2CC(C(=O)Nc3ccc(OC(F)(F)F)cc3F)N[C@H]2C1. The summed E-state index contributed by atoms with van der Waals surface area (Å²) in [5.41, 5.74) is -0.225. The maximum absolute atomic E-state index is 13.9. The number of halogens is 4. The second-order valence-corrected chi connectivity index (χ2v) is 6.01. The molecule has 1 aromatic carbocycles. The Morgan fingerprint density at radius 3 is 2.76 bits per heavy atom. The average molecular weight is 358 g/mol. The fourth-order valence-corrected chi connectivity index (χ4v) is 3.21. The van der Waals surface area contributed by atoms with Crippen LogP contribution < -0.4 is 15.4 Å². The van der Waals surface area contributed by atoms with Gasteiger partial charge in [-0.1, -0.05) is 0 Å². The Morgan fingerprint density at radius 2 is 2.16 bits per heavy atom. The summed E-state index contributed by atoms with van der Waals surface area (Å²) in [7, 11) is 0. The van der Waals surface area contributed by atoms with Gasteiger partial charge in [-0.3, -0.25) is 4.79 Å². The Labute approximate surface area is 140 Å². The van der Waals surface area contributed by atoms with Gasteiger partial charge in [0.15, 0.2) is 6.19 Å². The molecule has 1 aromatic rings. The number of hydrogen-bond acceptors (Lipinski definition) is 5. The van der Waals surface area contributed by atoms with Crippen molar-refractivity contribution in [3.63, 3.8) is 0 Å². The van der Waals surface area contributed by atoms with Gasteiger partial charge in [0.25, 0.3) is 0 Å². The topological polar surface area (TPSA) is 77.4 Å². The number of nitrogens with zero attached hydrogens (tertiary/aromatic N) is 2. The van der Waals surface area contributed by atoms with Crippen LogP contribution in [0.1, 0.15) is 6.42 Å². The lowest BCUT2D eigenvalue weighted by Crippen LogP contribution is -2.41. The van der Waals surface area contributed by atoms with E-state index in [4.69, 9.17) is 5.26 Å². The molecule has 3 rings (SSSR count). The Balaban J connectivity index is 1.60. The summed E-state index contributed by atoms with van der Waals surface area (Å²) in [5.74, 6) is -2.04. The Hall–Kier alpha value is -2.54. The van der Waals surface area contributed by atoms with Gasteiger partial charge in [0.1, 0.15) is 11.6 Å². The summed E-state index contributed by atoms with van der Waals surface area (Å²) in [4.78, 5) is 13.8. The minimum absolute atomic E-state index is 0.0165. The molecular formula is C15H14F4N4O2. The summed E-state index contributed by atoms with van der Waals surface area (Å²) >= 11 is 0. The lowest BCUT2D eigenvalue weighted by atomic mass is 10.0. The van der Waals surface area contributed by atoms with E-state index in [1.54, 1.807) is 4.90 Å². The first kappa shape index (κ1) is 17.3. The van der Waals surface area contributed by atoms with Crippen molar-refractivity contribution in [2.24, 2.45) is 5.92 Å². The number of nitrogens with one attached hydrogen (secondary N) is 2. The Bertz CT molecular complexity index is 704. The molecule has 1 amide bonds. The van der Waals surface area contributed by atoms with Crippen LogP contribution in [0.4, 0.5) is 23.2 Å². The number of carbonyl (C=O) groups is 1. The second-order valence-electron chi connectivity index (χ2n) is 6.01. The molecule has 0 bridgehead atoms. The number of likely N-dealkylation sites (tertiary alicyclic amines) is 1. The number of alkyl halides is 3. The summed E-state index contributed by atoms with van der Waals surface area (Å²) in [5, 5.41) is 14.3. The van der Waals surface area contributed by atoms with Crippen LogP contribution in [0, 0.1) is 23.2 Å². The standard InChI is InChI=1S/C15H14F4N4O2/c16-10-4-9(25-15(17,18)19)1-2-11(10)22-14(24)12-3-8-5-23(7-20)6-13(8)21-12/h1-2,4,8,12-13,21H,3,5-6H2,(H,22,24)/t8-,12?,13+/m1/s1. The van der Waals surface area contributed by atoms with Crippen molar-refractivity contribution in [1.82, 2.24) is 10.2 Å². The van der Waals surface area contributed by atoms with Crippen LogP contribution in [-0.4, -0.2) is 42.3 Å². The zero-order valence-corrected chi connectivity index (χ0v) is 12.8. The van der Waals surface area contributed by atoms with E-state index in [0.717, 1.165) is 12.1 Å². The van der Waals surface area contributed by atoms with E-state index in [1.165, 1.54) is 0 Å². The first-order valence-electron chi connectivity index (χ1n) is 7.52. The first-order chi connectivity index (χ1) is 11.7. The molecule has 2 aliphatic rings. The third kappa shape index (κ3) is 3.93. The van der Waals surface area contributed by atoms with E-state index in [1.807, 2.05) is 0 Å². The first-order valence-corrected chi connectivity index (χ1v) is 7.52. The van der Waals surface area contributed by atoms with Crippen molar-refractivity contribution >= 4 is 11.6 Å². The van der Waals surface area contributed by atoms with Gasteiger partial charge in [-0.25, -0.2) is 4.39 Å². The van der Waals surface area contributed by atoms with Gasteiger partial charge >= 0.3 is 6.36 Å². The zero-order chi connectivity index (χ0) is 18.2. The molecule has 2 N–H and O–H groups in total. The van der Waals surface area contributed by atoms with Crippen molar-refractivity contribution < 1.29 is 27.1 Å². The molecule has 6 nitrogen and oxygen atoms in total. The van der Waals surface area contributed by atoms with Gasteiger partial charge in [0.2, 0.25) is 5.91 Å². The third-order valence-electron chi connectivity index (χ3n) is 4.28. The highest BCUT2D eigenvalue weighted by Crippen LogP contribution is 2.29. The summed E-state index contributed by atoms with van der Waals surface area (Å²) in [6.07, 6.45) is -2.35. The van der Waals surface area contributed by atoms with Crippen LogP contribution in [0.2, 0.25) is 0 Å². The largest absolute Gasteiger partial charge is 0.573 e. The highest BCUT2D eigenvalue weighted by Gasteiger charge is 2.43. The normalized spacial score (nSPS) is 25.4. The van der Waals surface area contributed by atoms with Crippen LogP contribution >= 0.6 is 0 Å². The summed E-state index contributed by atoms with van der Waals surface area (Å²) in [6, 6.07) is 1.98. The fraction of sp³-hybridized carbons (Fsp3) is 0.467. The van der Waals surface area contributed by atoms with Crippen molar-refractivity contribution in [3.05, 3.63) is 24.0 Å². The van der Waals surface area contributed by atoms with E-state index < -0.39 is 29.9 Å². The average Bonchev–Trinajstić information content (AvgIpc) is 3.06. The number of ether oxygens (including phenoxy) is 1. The van der Waals surface area contributed by atoms with Crippen molar-refractivity contribution in [1.29, 1.82) is 5.26 Å². The zero-order valence-electron chi connectivity index (χ0n) is 12.8. The number of benzene rings is 1. The third-order valence-corrected chi connectivity index (χ3v) is 4.28. The van der Waals surface area contributed by atoms with Gasteiger partial charge in [0.05, 0.1) is 11.7 Å². The predicted octanol–water partition coefficient (Wildman–Crippen LogP) is 1.81. The van der Waals surface area contributed by atoms with Crippen molar-refractivity contribution in [2.75, 3.05) is 18.4 Å². The van der Waals surface area contributed by atoms with Crippen molar-refractivity contribution in [3.8, 4) is 11.9 Å². The minimum Gasteiger partial charge on any atom is -0.406 e. The Morgan fingerprint density at radius 1 is 1.40 bits per heavy atom. The second kappa shape index (κ2) is 6.40. The molecule has 0 spiro atoms. The number of hydrogen-bond donors (Lipinski definition) is 2. The molecule has 10 heteroatoms. The number of amides is 1. The molecule has 0 radical (unpaired) electrons. The Kier molecular flexibility index (Phi) is 4.43. The lowest BCUT2D eigenvalue weighted by Gasteiger charge is -2.16. The number of anilines is 1. The molecule has 1 unspecified atom stereocenters. The van der Waals surface area contributed by atoms with Crippen LogP contribution in [0.15, 0.2) is 18.2 Å². The predicted molar refractivity (Wildman–Crippen MR) is 77.7 cm³/mol. The molecule has 25 heavy (non-hydrogen) atoms. The quantitative estimate of drug-likeness (QED) is 0.637. The number of nitriles is 1. The smallest absolute Gasteiger partial charge is 0.406 e. The van der Waals surface area contributed by atoms with E-state index in [2.05, 4.69) is 21.6 Å². The van der Waals surface area contributed by atoms with Gasteiger partial charge in [-0.2, -0.15) is 5.26 Å². The van der Waals surface area contributed by atoms with E-state index in [9.17, 15) is 22.4 Å². The summed E-state index contributed by atoms with van der Waals surface area (Å²) < 4.78 is 53.8. The monoisotopic (exact) mass is 358 g/mol. The number of rotatable bonds is 3. The van der Waals surface area contributed by atoms with Gasteiger partial charge in [-0.05, 0) is 24.5 Å². The maximum atomic E-state index is 13.9. The molecule has 0 aromatic heterocycles. The highest BCUT2D eigenvalue weighted by molar-refractivity contribution is 5.95. The van der Waals surface area contributed by atoms with Gasteiger partial charge < -0.3 is 20.3 Å². The maximum Gasteiger partial charge on any atom is 0.573 e. The van der Waals surface area contributed by atoms with Gasteiger partial charge in [-0.15, -0.1) is 13.2 Å². The van der Waals surface area contributed by atoms with Crippen molar-refractivity contribution in [2.45, 2.75) is 24.9 Å². The molecule has 2 heterocycles. The minimum atomic E-state index is -4.92. The molecule has 134 valence electrons.